The zero-order valence-corrected chi connectivity index (χ0v) is 16.0. The molecule has 6 heteroatoms. The summed E-state index contributed by atoms with van der Waals surface area (Å²) in [5, 5.41) is 15.3. The van der Waals surface area contributed by atoms with Crippen LogP contribution in [0.2, 0.25) is 0 Å². The number of nitrogens with zero attached hydrogens (tertiary/aromatic N) is 3. The molecule has 2 aromatic carbocycles. The van der Waals surface area contributed by atoms with E-state index in [0.29, 0.717) is 28.4 Å². The van der Waals surface area contributed by atoms with Crippen LogP contribution in [-0.2, 0) is 0 Å². The van der Waals surface area contributed by atoms with Crippen LogP contribution < -0.4 is 14.8 Å². The Bertz CT molecular complexity index is 1230. The summed E-state index contributed by atoms with van der Waals surface area (Å²) >= 11 is 0. The summed E-state index contributed by atoms with van der Waals surface area (Å²) in [6.45, 7) is 0. The second-order valence-electron chi connectivity index (χ2n) is 6.29. The van der Waals surface area contributed by atoms with Crippen molar-refractivity contribution in [3.05, 3.63) is 72.7 Å². The number of anilines is 2. The largest absolute Gasteiger partial charge is 0.493 e. The number of benzene rings is 2. The van der Waals surface area contributed by atoms with E-state index in [2.05, 4.69) is 21.4 Å². The Labute approximate surface area is 168 Å². The van der Waals surface area contributed by atoms with Gasteiger partial charge in [0.1, 0.15) is 11.6 Å². The summed E-state index contributed by atoms with van der Waals surface area (Å²) < 4.78 is 10.7. The fraction of sp³-hybridized carbons (Fsp3) is 0.0870. The van der Waals surface area contributed by atoms with Gasteiger partial charge in [0.05, 0.1) is 25.6 Å². The lowest BCUT2D eigenvalue weighted by atomic mass is 10.0. The smallest absolute Gasteiger partial charge is 0.161 e. The van der Waals surface area contributed by atoms with Crippen LogP contribution in [0.3, 0.4) is 0 Å². The summed E-state index contributed by atoms with van der Waals surface area (Å²) in [6.07, 6.45) is 5.25. The average molecular weight is 382 g/mol. The highest BCUT2D eigenvalue weighted by atomic mass is 16.5. The lowest BCUT2D eigenvalue weighted by Crippen LogP contribution is -1.99. The molecular formula is C23H18N4O2. The molecule has 0 aliphatic rings. The maximum Gasteiger partial charge on any atom is 0.161 e. The van der Waals surface area contributed by atoms with E-state index in [1.165, 1.54) is 0 Å². The van der Waals surface area contributed by atoms with Crippen molar-refractivity contribution < 1.29 is 9.47 Å². The van der Waals surface area contributed by atoms with E-state index in [-0.39, 0.29) is 0 Å². The van der Waals surface area contributed by atoms with Gasteiger partial charge in [0, 0.05) is 40.6 Å². The molecule has 2 aromatic heterocycles. The molecule has 0 spiro atoms. The summed E-state index contributed by atoms with van der Waals surface area (Å²) in [5.41, 5.74) is 3.36. The molecule has 2 heterocycles. The molecule has 0 aliphatic carbocycles. The van der Waals surface area contributed by atoms with Crippen LogP contribution in [-0.4, -0.2) is 24.2 Å². The quantitative estimate of drug-likeness (QED) is 0.527. The molecule has 4 aromatic rings. The minimum absolute atomic E-state index is 0.450. The van der Waals surface area contributed by atoms with Crippen molar-refractivity contribution in [3.63, 3.8) is 0 Å². The lowest BCUT2D eigenvalue weighted by molar-refractivity contribution is 0.355. The fourth-order valence-electron chi connectivity index (χ4n) is 3.26. The predicted molar refractivity (Wildman–Crippen MR) is 113 cm³/mol. The molecular weight excluding hydrogens is 364 g/mol. The van der Waals surface area contributed by atoms with E-state index in [9.17, 15) is 5.26 Å². The van der Waals surface area contributed by atoms with Crippen molar-refractivity contribution in [1.82, 2.24) is 9.97 Å². The molecule has 0 saturated heterocycles. The summed E-state index contributed by atoms with van der Waals surface area (Å²) in [4.78, 5) is 8.61. The first-order valence-electron chi connectivity index (χ1n) is 8.96. The first-order chi connectivity index (χ1) is 14.2. The lowest BCUT2D eigenvalue weighted by Gasteiger charge is -2.14. The van der Waals surface area contributed by atoms with Gasteiger partial charge >= 0.3 is 0 Å². The van der Waals surface area contributed by atoms with Crippen LogP contribution in [0.15, 0.2) is 67.1 Å². The van der Waals surface area contributed by atoms with E-state index in [1.54, 1.807) is 38.7 Å². The average Bonchev–Trinajstić information content (AvgIpc) is 2.78. The zero-order valence-electron chi connectivity index (χ0n) is 16.0. The standard InChI is InChI=1S/C23H18N4O2/c1-28-21-7-6-15(12-22(21)29-2)23-18(13-24)20(9-11-26-23)27-19-5-3-4-16-14-25-10-8-17(16)19/h3-12,14H,1-2H3,(H,26,27). The van der Waals surface area contributed by atoms with Crippen molar-refractivity contribution in [1.29, 1.82) is 5.26 Å². The van der Waals surface area contributed by atoms with Crippen LogP contribution in [0.5, 0.6) is 11.5 Å². The van der Waals surface area contributed by atoms with E-state index >= 15 is 0 Å². The molecule has 0 atom stereocenters. The topological polar surface area (TPSA) is 80.1 Å². The van der Waals surface area contributed by atoms with Gasteiger partial charge in [0.25, 0.3) is 0 Å². The number of nitriles is 1. The van der Waals surface area contributed by atoms with Gasteiger partial charge in [-0.25, -0.2) is 0 Å². The molecule has 0 saturated carbocycles. The molecule has 4 rings (SSSR count). The second-order valence-corrected chi connectivity index (χ2v) is 6.29. The number of hydrogen-bond donors (Lipinski definition) is 1. The normalized spacial score (nSPS) is 10.4. The SMILES string of the molecule is COc1ccc(-c2nccc(Nc3cccc4cnccc34)c2C#N)cc1OC. The van der Waals surface area contributed by atoms with E-state index in [1.807, 2.05) is 42.6 Å². The number of pyridine rings is 2. The number of aromatic nitrogens is 2. The van der Waals surface area contributed by atoms with Gasteiger partial charge in [-0.3, -0.25) is 9.97 Å². The Hall–Kier alpha value is -4.11. The van der Waals surface area contributed by atoms with E-state index in [0.717, 1.165) is 22.0 Å². The number of fused-ring (bicyclic) bond motifs is 1. The van der Waals surface area contributed by atoms with Crippen LogP contribution in [0.4, 0.5) is 11.4 Å². The Morgan fingerprint density at radius 3 is 2.59 bits per heavy atom. The highest BCUT2D eigenvalue weighted by Crippen LogP contribution is 2.35. The maximum atomic E-state index is 9.88. The predicted octanol–water partition coefficient (Wildman–Crippen LogP) is 4.93. The minimum Gasteiger partial charge on any atom is -0.493 e. The summed E-state index contributed by atoms with van der Waals surface area (Å²) in [5.74, 6) is 1.20. The molecule has 0 radical (unpaired) electrons. The molecule has 29 heavy (non-hydrogen) atoms. The summed E-state index contributed by atoms with van der Waals surface area (Å²) in [6, 6.07) is 17.4. The zero-order chi connectivity index (χ0) is 20.2. The van der Waals surface area contributed by atoms with Gasteiger partial charge < -0.3 is 14.8 Å². The molecule has 0 unspecified atom stereocenters. The Kier molecular flexibility index (Phi) is 4.95. The van der Waals surface area contributed by atoms with Crippen molar-refractivity contribution in [2.75, 3.05) is 19.5 Å². The third-order valence-corrected chi connectivity index (χ3v) is 4.67. The Balaban J connectivity index is 1.80. The van der Waals surface area contributed by atoms with Crippen LogP contribution >= 0.6 is 0 Å². The number of rotatable bonds is 5. The first-order valence-corrected chi connectivity index (χ1v) is 8.96. The van der Waals surface area contributed by atoms with Gasteiger partial charge in [-0.05, 0) is 36.4 Å². The molecule has 142 valence electrons. The Morgan fingerprint density at radius 2 is 1.79 bits per heavy atom. The molecule has 0 amide bonds. The minimum atomic E-state index is 0.450. The summed E-state index contributed by atoms with van der Waals surface area (Å²) in [7, 11) is 3.16. The van der Waals surface area contributed by atoms with Crippen LogP contribution in [0.25, 0.3) is 22.0 Å². The first kappa shape index (κ1) is 18.3. The van der Waals surface area contributed by atoms with Crippen molar-refractivity contribution >= 4 is 22.1 Å². The molecule has 0 aliphatic heterocycles. The van der Waals surface area contributed by atoms with Crippen molar-refractivity contribution in [3.8, 4) is 28.8 Å². The highest BCUT2D eigenvalue weighted by molar-refractivity contribution is 5.95. The number of ether oxygens (including phenoxy) is 2. The third-order valence-electron chi connectivity index (χ3n) is 4.67. The molecule has 0 fully saturated rings. The third kappa shape index (κ3) is 3.42. The number of methoxy groups -OCH3 is 2. The fourth-order valence-corrected chi connectivity index (χ4v) is 3.26. The highest BCUT2D eigenvalue weighted by Gasteiger charge is 2.15. The second kappa shape index (κ2) is 7.87. The van der Waals surface area contributed by atoms with Gasteiger partial charge in [-0.1, -0.05) is 12.1 Å². The number of nitrogens with one attached hydrogen (secondary N) is 1. The van der Waals surface area contributed by atoms with Gasteiger partial charge in [-0.15, -0.1) is 0 Å². The molecule has 6 nitrogen and oxygen atoms in total. The van der Waals surface area contributed by atoms with Crippen molar-refractivity contribution in [2.24, 2.45) is 0 Å². The van der Waals surface area contributed by atoms with E-state index in [4.69, 9.17) is 9.47 Å². The van der Waals surface area contributed by atoms with Crippen LogP contribution in [0, 0.1) is 11.3 Å². The van der Waals surface area contributed by atoms with E-state index < -0.39 is 0 Å². The molecule has 1 N–H and O–H groups in total. The maximum absolute atomic E-state index is 9.88. The van der Waals surface area contributed by atoms with Gasteiger partial charge in [-0.2, -0.15) is 5.26 Å². The molecule has 0 bridgehead atoms. The Morgan fingerprint density at radius 1 is 0.931 bits per heavy atom. The monoisotopic (exact) mass is 382 g/mol. The van der Waals surface area contributed by atoms with Crippen LogP contribution in [0.1, 0.15) is 5.56 Å². The van der Waals surface area contributed by atoms with Gasteiger partial charge in [0.2, 0.25) is 0 Å². The number of hydrogen-bond acceptors (Lipinski definition) is 6. The van der Waals surface area contributed by atoms with Gasteiger partial charge in [0.15, 0.2) is 11.5 Å². The van der Waals surface area contributed by atoms with Crippen molar-refractivity contribution in [2.45, 2.75) is 0 Å².